The van der Waals surface area contributed by atoms with Crippen molar-refractivity contribution in [2.24, 2.45) is 0 Å². The fraction of sp³-hybridized carbons (Fsp3) is 0. The first-order chi connectivity index (χ1) is 18.2. The Morgan fingerprint density at radius 3 is 0.842 bits per heavy atom. The van der Waals surface area contributed by atoms with Gasteiger partial charge in [-0.2, -0.15) is 19.4 Å². The molecule has 0 saturated carbocycles. The average Bonchev–Trinajstić information content (AvgIpc) is 3.51. The first kappa shape index (κ1) is 21.5. The van der Waals surface area contributed by atoms with E-state index in [0.29, 0.717) is 19.4 Å². The molecule has 3 aromatic carbocycles. The van der Waals surface area contributed by atoms with E-state index in [1.807, 2.05) is 0 Å². The van der Waals surface area contributed by atoms with Crippen LogP contribution in [-0.4, -0.2) is 33.0 Å². The molecule has 38 heavy (non-hydrogen) atoms. The summed E-state index contributed by atoms with van der Waals surface area (Å²) in [6.07, 6.45) is 0. The van der Waals surface area contributed by atoms with E-state index in [1.165, 1.54) is 48.5 Å². The molecule has 7 rings (SSSR count). The second-order valence-electron chi connectivity index (χ2n) is 8.72. The summed E-state index contributed by atoms with van der Waals surface area (Å²) in [6, 6.07) is 13.6. The van der Waals surface area contributed by atoms with Gasteiger partial charge in [-0.05, 0) is 36.4 Å². The Kier molecular flexibility index (Phi) is 3.91. The van der Waals surface area contributed by atoms with E-state index < -0.39 is 45.9 Å². The zero-order chi connectivity index (χ0) is 26.6. The van der Waals surface area contributed by atoms with E-state index in [1.54, 1.807) is 0 Å². The molecule has 0 unspecified atom stereocenters. The van der Waals surface area contributed by atoms with Crippen LogP contribution in [0.5, 0.6) is 0 Å². The molecule has 5 aromatic rings. The first-order valence-corrected chi connectivity index (χ1v) is 11.1. The topological polar surface area (TPSA) is 153 Å². The van der Waals surface area contributed by atoms with Gasteiger partial charge >= 0.3 is 0 Å². The third kappa shape index (κ3) is 2.38. The lowest BCUT2D eigenvalue weighted by Gasteiger charge is -2.12. The summed E-state index contributed by atoms with van der Waals surface area (Å²) in [5.41, 5.74) is -4.17. The fourth-order valence-corrected chi connectivity index (χ4v) is 5.03. The molecular weight excluding hydrogens is 496 g/mol. The highest BCUT2D eigenvalue weighted by atomic mass is 16.2. The number of fused-ring (bicyclic) bond motifs is 4. The van der Waals surface area contributed by atoms with E-state index in [2.05, 4.69) is 0 Å². The van der Waals surface area contributed by atoms with Crippen LogP contribution in [0, 0.1) is 0 Å². The molecule has 0 aliphatic carbocycles. The lowest BCUT2D eigenvalue weighted by Crippen LogP contribution is -2.50. The Hall–Kier alpha value is -5.78. The predicted octanol–water partition coefficient (Wildman–Crippen LogP) is -0.223. The molecule has 0 atom stereocenters. The highest BCUT2D eigenvalue weighted by molar-refractivity contribution is 6.31. The second kappa shape index (κ2) is 6.91. The minimum absolute atomic E-state index is 0.0125. The van der Waals surface area contributed by atoms with Crippen LogP contribution in [0.3, 0.4) is 0 Å². The zero-order valence-corrected chi connectivity index (χ0v) is 18.8. The van der Waals surface area contributed by atoms with Gasteiger partial charge in [-0.1, -0.05) is 24.3 Å². The average molecular weight is 506 g/mol. The minimum atomic E-state index is -1.05. The van der Waals surface area contributed by atoms with Crippen LogP contribution in [0.1, 0.15) is 41.4 Å². The number of hydrogen-bond acceptors (Lipinski definition) is 8. The number of carbonyl (C=O) groups excluding carboxylic acids is 4. The van der Waals surface area contributed by atoms with Crippen molar-refractivity contribution in [3.63, 3.8) is 0 Å². The van der Waals surface area contributed by atoms with Crippen LogP contribution >= 0.6 is 0 Å². The summed E-state index contributed by atoms with van der Waals surface area (Å²) in [7, 11) is 0. The van der Waals surface area contributed by atoms with Gasteiger partial charge in [-0.15, -0.1) is 0 Å². The van der Waals surface area contributed by atoms with Crippen LogP contribution in [0.25, 0.3) is 21.5 Å². The highest BCUT2D eigenvalue weighted by Crippen LogP contribution is 2.23. The summed E-state index contributed by atoms with van der Waals surface area (Å²) in [6.45, 7) is 0. The van der Waals surface area contributed by atoms with Crippen LogP contribution in [0.2, 0.25) is 0 Å². The molecule has 2 aliphatic rings. The van der Waals surface area contributed by atoms with Crippen molar-refractivity contribution >= 4 is 45.2 Å². The second-order valence-corrected chi connectivity index (χ2v) is 8.72. The lowest BCUT2D eigenvalue weighted by atomic mass is 10.1. The Bertz CT molecular complexity index is 1910. The molecule has 4 heterocycles. The SMILES string of the molecule is O=C1c2ccccc2C(=O)N1n1c(=O)c2cc3c(=O)n(N4C(=O)c5ccccc5C4=O)c(=O)c3cc2c1=O. The van der Waals surface area contributed by atoms with Crippen molar-refractivity contribution in [2.45, 2.75) is 0 Å². The molecule has 2 aromatic heterocycles. The van der Waals surface area contributed by atoms with Gasteiger partial charge in [0, 0.05) is 0 Å². The molecule has 0 spiro atoms. The van der Waals surface area contributed by atoms with E-state index in [0.717, 1.165) is 12.1 Å². The molecule has 2 aliphatic heterocycles. The molecule has 0 saturated heterocycles. The lowest BCUT2D eigenvalue weighted by molar-refractivity contribution is 0.0868. The molecule has 0 bridgehead atoms. The molecule has 0 radical (unpaired) electrons. The van der Waals surface area contributed by atoms with Gasteiger partial charge in [-0.25, -0.2) is 0 Å². The molecule has 4 amide bonds. The van der Waals surface area contributed by atoms with Crippen molar-refractivity contribution < 1.29 is 19.2 Å². The molecular formula is C26H10N4O8. The maximum atomic E-state index is 13.2. The van der Waals surface area contributed by atoms with Gasteiger partial charge in [0.15, 0.2) is 0 Å². The minimum Gasteiger partial charge on any atom is -0.267 e. The van der Waals surface area contributed by atoms with Crippen molar-refractivity contribution in [1.29, 1.82) is 0 Å². The maximum Gasteiger partial charge on any atom is 0.281 e. The van der Waals surface area contributed by atoms with Crippen LogP contribution in [0.15, 0.2) is 79.8 Å². The largest absolute Gasteiger partial charge is 0.281 e. The smallest absolute Gasteiger partial charge is 0.267 e. The number of imide groups is 2. The number of nitrogens with zero attached hydrogens (tertiary/aromatic N) is 4. The highest BCUT2D eigenvalue weighted by Gasteiger charge is 2.41. The Labute approximate surface area is 208 Å². The quantitative estimate of drug-likeness (QED) is 0.298. The summed E-state index contributed by atoms with van der Waals surface area (Å²) in [5.74, 6) is -3.51. The number of carbonyl (C=O) groups is 4. The summed E-state index contributed by atoms with van der Waals surface area (Å²) in [5, 5.41) is -0.442. The Balaban J connectivity index is 1.44. The third-order valence-corrected chi connectivity index (χ3v) is 6.79. The third-order valence-electron chi connectivity index (χ3n) is 6.79. The Morgan fingerprint density at radius 2 is 0.605 bits per heavy atom. The number of aromatic nitrogens is 2. The Morgan fingerprint density at radius 1 is 0.368 bits per heavy atom. The van der Waals surface area contributed by atoms with Gasteiger partial charge in [-0.3, -0.25) is 38.4 Å². The van der Waals surface area contributed by atoms with Crippen LogP contribution in [0.4, 0.5) is 0 Å². The predicted molar refractivity (Wildman–Crippen MR) is 132 cm³/mol. The van der Waals surface area contributed by atoms with Gasteiger partial charge in [0.2, 0.25) is 0 Å². The van der Waals surface area contributed by atoms with E-state index in [4.69, 9.17) is 0 Å². The molecule has 0 fully saturated rings. The van der Waals surface area contributed by atoms with Gasteiger partial charge < -0.3 is 0 Å². The van der Waals surface area contributed by atoms with Crippen molar-refractivity contribution in [3.8, 4) is 0 Å². The standard InChI is InChI=1S/C26H10N4O8/c31-19-11-5-1-2-6-12(11)20(32)27(19)29-23(35)15-9-17-18(10-16(15)24(29)36)26(38)30(25(17)37)28-21(33)13-7-3-4-8-14(13)22(28)34/h1-10H. The summed E-state index contributed by atoms with van der Waals surface area (Å²) in [4.78, 5) is 104. The number of amides is 4. The van der Waals surface area contributed by atoms with E-state index >= 15 is 0 Å². The molecule has 0 N–H and O–H groups in total. The van der Waals surface area contributed by atoms with E-state index in [-0.39, 0.29) is 43.8 Å². The number of benzene rings is 3. The van der Waals surface area contributed by atoms with Gasteiger partial charge in [0.25, 0.3) is 45.9 Å². The number of rotatable bonds is 2. The van der Waals surface area contributed by atoms with Crippen molar-refractivity contribution in [3.05, 3.63) is 124 Å². The number of hydrogen-bond donors (Lipinski definition) is 0. The first-order valence-electron chi connectivity index (χ1n) is 11.1. The summed E-state index contributed by atoms with van der Waals surface area (Å²) < 4.78 is 0.753. The normalized spacial score (nSPS) is 14.8. The molecule has 12 heteroatoms. The monoisotopic (exact) mass is 506 g/mol. The van der Waals surface area contributed by atoms with Crippen LogP contribution < -0.4 is 32.3 Å². The summed E-state index contributed by atoms with van der Waals surface area (Å²) >= 11 is 0. The molecule has 182 valence electrons. The zero-order valence-electron chi connectivity index (χ0n) is 18.8. The fourth-order valence-electron chi connectivity index (χ4n) is 5.03. The van der Waals surface area contributed by atoms with E-state index in [9.17, 15) is 38.4 Å². The maximum absolute atomic E-state index is 13.2. The van der Waals surface area contributed by atoms with Crippen molar-refractivity contribution in [2.75, 3.05) is 10.0 Å². The molecule has 12 nitrogen and oxygen atoms in total. The van der Waals surface area contributed by atoms with Gasteiger partial charge in [0.05, 0.1) is 43.8 Å². The van der Waals surface area contributed by atoms with Crippen LogP contribution in [-0.2, 0) is 0 Å². The van der Waals surface area contributed by atoms with Gasteiger partial charge in [0.1, 0.15) is 0 Å². The van der Waals surface area contributed by atoms with Crippen molar-refractivity contribution in [1.82, 2.24) is 9.35 Å².